The van der Waals surface area contributed by atoms with Gasteiger partial charge in [-0.2, -0.15) is 0 Å². The summed E-state index contributed by atoms with van der Waals surface area (Å²) in [6.45, 7) is 10.7. The van der Waals surface area contributed by atoms with Gasteiger partial charge in [0.15, 0.2) is 11.6 Å². The highest BCUT2D eigenvalue weighted by atomic mass is 16.6. The number of aliphatic imine (C=N–C) groups is 1. The highest BCUT2D eigenvalue weighted by Gasteiger charge is 2.53. The number of nitrogens with zero attached hydrogens (tertiary/aromatic N) is 1. The van der Waals surface area contributed by atoms with Gasteiger partial charge in [-0.15, -0.1) is 0 Å². The Bertz CT molecular complexity index is 1460. The summed E-state index contributed by atoms with van der Waals surface area (Å²) in [6, 6.07) is 25.2. The molecule has 4 rings (SSSR count). The number of esters is 1. The molecule has 0 fully saturated rings. The highest BCUT2D eigenvalue weighted by molar-refractivity contribution is 6.01. The van der Waals surface area contributed by atoms with E-state index < -0.39 is 23.2 Å². The largest absolute Gasteiger partial charge is 0.494 e. The lowest BCUT2D eigenvalue weighted by Gasteiger charge is -2.31. The molecular weight excluding hydrogens is 596 g/mol. The maximum atomic E-state index is 14.3. The van der Waals surface area contributed by atoms with Crippen molar-refractivity contribution < 1.29 is 33.6 Å². The summed E-state index contributed by atoms with van der Waals surface area (Å²) in [6.07, 6.45) is 0.483. The van der Waals surface area contributed by atoms with E-state index in [1.54, 1.807) is 12.1 Å². The summed E-state index contributed by atoms with van der Waals surface area (Å²) >= 11 is 0. The molecule has 0 radical (unpaired) electrons. The molecule has 9 nitrogen and oxygen atoms in total. The Morgan fingerprint density at radius 2 is 1.57 bits per heavy atom. The zero-order valence-electron chi connectivity index (χ0n) is 28.2. The monoisotopic (exact) mass is 644 g/mol. The van der Waals surface area contributed by atoms with Gasteiger partial charge in [0.05, 0.1) is 12.7 Å². The topological polar surface area (TPSA) is 116 Å². The van der Waals surface area contributed by atoms with Crippen LogP contribution in [0.1, 0.15) is 77.5 Å². The Labute approximate surface area is 278 Å². The average Bonchev–Trinajstić information content (AvgIpc) is 3.44. The first-order valence-corrected chi connectivity index (χ1v) is 16.4. The van der Waals surface area contributed by atoms with Gasteiger partial charge >= 0.3 is 5.97 Å². The third-order valence-corrected chi connectivity index (χ3v) is 7.54. The molecule has 3 aromatic carbocycles. The van der Waals surface area contributed by atoms with Gasteiger partial charge in [-0.1, -0.05) is 54.6 Å². The number of benzene rings is 3. The quantitative estimate of drug-likeness (QED) is 0.137. The van der Waals surface area contributed by atoms with Crippen molar-refractivity contribution in [2.24, 2.45) is 4.99 Å². The van der Waals surface area contributed by atoms with Crippen molar-refractivity contribution in [1.29, 1.82) is 0 Å². The van der Waals surface area contributed by atoms with E-state index in [4.69, 9.17) is 29.0 Å². The third kappa shape index (κ3) is 10.1. The maximum Gasteiger partial charge on any atom is 0.306 e. The van der Waals surface area contributed by atoms with Crippen LogP contribution in [0.25, 0.3) is 11.1 Å². The van der Waals surface area contributed by atoms with Crippen LogP contribution >= 0.6 is 0 Å². The molecule has 9 heteroatoms. The van der Waals surface area contributed by atoms with E-state index >= 15 is 0 Å². The predicted molar refractivity (Wildman–Crippen MR) is 182 cm³/mol. The van der Waals surface area contributed by atoms with Crippen LogP contribution in [0.5, 0.6) is 5.75 Å². The van der Waals surface area contributed by atoms with Crippen LogP contribution in [-0.4, -0.2) is 66.5 Å². The Hall–Kier alpha value is -4.21. The lowest BCUT2D eigenvalue weighted by molar-refractivity contribution is -0.155. The van der Waals surface area contributed by atoms with Crippen LogP contribution in [-0.2, 0) is 23.8 Å². The minimum absolute atomic E-state index is 0.0302. The Morgan fingerprint density at radius 3 is 2.21 bits per heavy atom. The van der Waals surface area contributed by atoms with Gasteiger partial charge < -0.3 is 29.4 Å². The molecule has 1 aliphatic heterocycles. The second kappa shape index (κ2) is 16.6. The van der Waals surface area contributed by atoms with Crippen molar-refractivity contribution in [1.82, 2.24) is 5.32 Å². The van der Waals surface area contributed by atoms with Crippen molar-refractivity contribution in [3.63, 3.8) is 0 Å². The Kier molecular flexibility index (Phi) is 12.6. The summed E-state index contributed by atoms with van der Waals surface area (Å²) in [5, 5.41) is 12.1. The average molecular weight is 645 g/mol. The predicted octanol–water partition coefficient (Wildman–Crippen LogP) is 6.42. The Morgan fingerprint density at radius 1 is 0.915 bits per heavy atom. The first-order valence-electron chi connectivity index (χ1n) is 16.4. The number of aliphatic hydroxyl groups is 1. The number of carbonyl (C=O) groups excluding carboxylic acids is 2. The summed E-state index contributed by atoms with van der Waals surface area (Å²) < 4.78 is 23.6. The van der Waals surface area contributed by atoms with E-state index in [-0.39, 0.29) is 31.5 Å². The van der Waals surface area contributed by atoms with Crippen LogP contribution in [0, 0.1) is 0 Å². The molecule has 0 aliphatic carbocycles. The Balaban J connectivity index is 1.70. The molecular formula is C38H48N2O7. The summed E-state index contributed by atoms with van der Waals surface area (Å²) in [5.74, 6) is 0.195. The molecule has 1 amide bonds. The van der Waals surface area contributed by atoms with Crippen LogP contribution < -0.4 is 10.1 Å². The molecule has 0 bridgehead atoms. The molecule has 47 heavy (non-hydrogen) atoms. The summed E-state index contributed by atoms with van der Waals surface area (Å²) in [5.41, 5.74) is 1.41. The minimum Gasteiger partial charge on any atom is -0.494 e. The van der Waals surface area contributed by atoms with E-state index in [1.807, 2.05) is 101 Å². The van der Waals surface area contributed by atoms with E-state index in [9.17, 15) is 9.59 Å². The molecule has 1 aliphatic rings. The van der Waals surface area contributed by atoms with E-state index in [0.29, 0.717) is 49.8 Å². The first-order chi connectivity index (χ1) is 22.5. The number of amides is 1. The fraction of sp³-hybridized carbons (Fsp3) is 0.447. The smallest absolute Gasteiger partial charge is 0.306 e. The molecule has 0 spiro atoms. The molecule has 0 aromatic heterocycles. The van der Waals surface area contributed by atoms with Crippen molar-refractivity contribution in [3.05, 3.63) is 90.0 Å². The van der Waals surface area contributed by atoms with Gasteiger partial charge in [-0.3, -0.25) is 9.59 Å². The van der Waals surface area contributed by atoms with Crippen molar-refractivity contribution in [2.45, 2.75) is 83.6 Å². The van der Waals surface area contributed by atoms with Gasteiger partial charge in [-0.05, 0) is 88.4 Å². The zero-order chi connectivity index (χ0) is 33.9. The summed E-state index contributed by atoms with van der Waals surface area (Å²) in [7, 11) is 0. The van der Waals surface area contributed by atoms with Gasteiger partial charge in [0, 0.05) is 38.2 Å². The van der Waals surface area contributed by atoms with Gasteiger partial charge in [-0.25, -0.2) is 4.99 Å². The molecule has 2 N–H and O–H groups in total. The number of hydrogen-bond donors (Lipinski definition) is 2. The van der Waals surface area contributed by atoms with Crippen molar-refractivity contribution >= 4 is 17.8 Å². The SMILES string of the molecule is CC(C)OCCCNC(=O)[C@]1(CCC(=O)OC(C)(C)C)N=C(c2ccc(OCCCO)cc2)O[C@@H]1c1ccc(-c2ccccc2)cc1. The minimum atomic E-state index is -1.45. The number of ether oxygens (including phenoxy) is 4. The standard InChI is InChI=1S/C38H48N2O7/c1-27(2)44-25-9-23-39-36(43)38(22-21-33(42)47-37(3,4)5)34(30-15-13-29(14-16-30)28-11-7-6-8-12-28)46-35(40-38)31-17-19-32(20-18-31)45-26-10-24-41/h6-8,11-20,27,34,41H,9-10,21-26H2,1-5H3,(H,39,43)/t34-,38-/m1/s1. The van der Waals surface area contributed by atoms with Crippen molar-refractivity contribution in [3.8, 4) is 16.9 Å². The van der Waals surface area contributed by atoms with Gasteiger partial charge in [0.2, 0.25) is 5.90 Å². The first kappa shape index (κ1) is 35.6. The van der Waals surface area contributed by atoms with Gasteiger partial charge in [0.1, 0.15) is 11.4 Å². The lowest BCUT2D eigenvalue weighted by Crippen LogP contribution is -2.49. The molecule has 0 saturated carbocycles. The fourth-order valence-electron chi connectivity index (χ4n) is 5.28. The third-order valence-electron chi connectivity index (χ3n) is 7.54. The number of aliphatic hydroxyl groups excluding tert-OH is 1. The molecule has 252 valence electrons. The highest BCUT2D eigenvalue weighted by Crippen LogP contribution is 2.44. The molecule has 3 aromatic rings. The number of carbonyl (C=O) groups is 2. The lowest BCUT2D eigenvalue weighted by atomic mass is 9.83. The van der Waals surface area contributed by atoms with Crippen LogP contribution in [0.3, 0.4) is 0 Å². The molecule has 1 heterocycles. The zero-order valence-corrected chi connectivity index (χ0v) is 28.2. The van der Waals surface area contributed by atoms with Crippen LogP contribution in [0.2, 0.25) is 0 Å². The van der Waals surface area contributed by atoms with Crippen LogP contribution in [0.4, 0.5) is 0 Å². The van der Waals surface area contributed by atoms with Crippen LogP contribution in [0.15, 0.2) is 83.9 Å². The van der Waals surface area contributed by atoms with E-state index in [2.05, 4.69) is 5.32 Å². The van der Waals surface area contributed by atoms with Crippen molar-refractivity contribution in [2.75, 3.05) is 26.4 Å². The summed E-state index contributed by atoms with van der Waals surface area (Å²) in [4.78, 5) is 32.3. The maximum absolute atomic E-state index is 14.3. The fourth-order valence-corrected chi connectivity index (χ4v) is 5.28. The molecule has 0 saturated heterocycles. The molecule has 2 atom stereocenters. The second-order valence-electron chi connectivity index (χ2n) is 12.9. The van der Waals surface area contributed by atoms with E-state index in [0.717, 1.165) is 16.7 Å². The number of rotatable bonds is 16. The molecule has 0 unspecified atom stereocenters. The normalized spacial score (nSPS) is 17.6. The van der Waals surface area contributed by atoms with Gasteiger partial charge in [0.25, 0.3) is 5.91 Å². The number of hydrogen-bond acceptors (Lipinski definition) is 8. The number of nitrogens with one attached hydrogen (secondary N) is 1. The van der Waals surface area contributed by atoms with E-state index in [1.165, 1.54) is 0 Å². The second-order valence-corrected chi connectivity index (χ2v) is 12.9.